The number of aromatic nitrogens is 2. The first-order valence-electron chi connectivity index (χ1n) is 6.98. The van der Waals surface area contributed by atoms with E-state index in [1.165, 1.54) is 0 Å². The second-order valence-electron chi connectivity index (χ2n) is 4.95. The molecule has 0 aliphatic heterocycles. The van der Waals surface area contributed by atoms with Crippen LogP contribution in [0.3, 0.4) is 0 Å². The van der Waals surface area contributed by atoms with Crippen LogP contribution in [-0.2, 0) is 0 Å². The van der Waals surface area contributed by atoms with Crippen molar-refractivity contribution in [2.75, 3.05) is 0 Å². The van der Waals surface area contributed by atoms with Crippen molar-refractivity contribution in [2.24, 2.45) is 9.98 Å². The minimum absolute atomic E-state index is 0.0263. The van der Waals surface area contributed by atoms with Crippen LogP contribution >= 0.6 is 0 Å². The van der Waals surface area contributed by atoms with Crippen LogP contribution in [0.15, 0.2) is 9.98 Å². The quantitative estimate of drug-likeness (QED) is 0.792. The van der Waals surface area contributed by atoms with E-state index in [2.05, 4.69) is 26.7 Å². The Labute approximate surface area is 143 Å². The van der Waals surface area contributed by atoms with E-state index in [1.807, 2.05) is 24.3 Å². The van der Waals surface area contributed by atoms with Gasteiger partial charge in [-0.05, 0) is 31.7 Å². The molecule has 0 saturated heterocycles. The maximum atomic E-state index is 9.19. The molecule has 0 aliphatic rings. The molecule has 25 heavy (non-hydrogen) atoms. The van der Waals surface area contributed by atoms with Gasteiger partial charge in [0.25, 0.3) is 0 Å². The third-order valence-electron chi connectivity index (χ3n) is 3.61. The zero-order valence-corrected chi connectivity index (χ0v) is 13.5. The van der Waals surface area contributed by atoms with Gasteiger partial charge < -0.3 is 0 Å². The Morgan fingerprint density at radius 1 is 0.960 bits per heavy atom. The number of nitrogens with zero attached hydrogens (tertiary/aromatic N) is 8. The van der Waals surface area contributed by atoms with E-state index in [-0.39, 0.29) is 34.7 Å². The molecular formula is C17H10N8. The van der Waals surface area contributed by atoms with Crippen molar-refractivity contribution in [3.63, 3.8) is 0 Å². The smallest absolute Gasteiger partial charge is 0.177 e. The normalized spacial score (nSPS) is 10.4. The lowest BCUT2D eigenvalue weighted by atomic mass is 10.0. The molecule has 8 heteroatoms. The fourth-order valence-corrected chi connectivity index (χ4v) is 2.28. The summed E-state index contributed by atoms with van der Waals surface area (Å²) in [6.45, 7) is 7.08. The third-order valence-corrected chi connectivity index (χ3v) is 3.61. The first-order valence-corrected chi connectivity index (χ1v) is 6.98. The highest BCUT2D eigenvalue weighted by atomic mass is 14.9. The van der Waals surface area contributed by atoms with Crippen molar-refractivity contribution in [2.45, 2.75) is 20.3 Å². The van der Waals surface area contributed by atoms with Gasteiger partial charge in [-0.2, -0.15) is 21.0 Å². The van der Waals surface area contributed by atoms with E-state index in [1.54, 1.807) is 13.8 Å². The largest absolute Gasteiger partial charge is 0.262 e. The Morgan fingerprint density at radius 3 is 2.04 bits per heavy atom. The second kappa shape index (κ2) is 6.96. The maximum absolute atomic E-state index is 9.19. The van der Waals surface area contributed by atoms with Gasteiger partial charge in [-0.1, -0.05) is 0 Å². The lowest BCUT2D eigenvalue weighted by Crippen LogP contribution is -2.00. The fourth-order valence-electron chi connectivity index (χ4n) is 2.28. The van der Waals surface area contributed by atoms with E-state index in [0.717, 1.165) is 0 Å². The molecule has 0 saturated carbocycles. The molecular weight excluding hydrogens is 316 g/mol. The van der Waals surface area contributed by atoms with E-state index in [9.17, 15) is 5.26 Å². The highest BCUT2D eigenvalue weighted by Crippen LogP contribution is 2.40. The fraction of sp³-hybridized carbons (Fsp3) is 0.176. The minimum atomic E-state index is -0.184. The van der Waals surface area contributed by atoms with E-state index >= 15 is 0 Å². The van der Waals surface area contributed by atoms with E-state index in [4.69, 9.17) is 15.8 Å². The predicted molar refractivity (Wildman–Crippen MR) is 90.6 cm³/mol. The molecule has 1 aromatic heterocycles. The zero-order chi connectivity index (χ0) is 18.6. The molecule has 8 nitrogen and oxygen atoms in total. The number of hydrogen-bond donors (Lipinski definition) is 0. The lowest BCUT2D eigenvalue weighted by Gasteiger charge is -2.12. The summed E-state index contributed by atoms with van der Waals surface area (Å²) in [5.41, 5.74) is 2.35. The van der Waals surface area contributed by atoms with Crippen LogP contribution < -0.4 is 0 Å². The number of benzene rings is 1. The van der Waals surface area contributed by atoms with Crippen LogP contribution in [0.2, 0.25) is 0 Å². The summed E-state index contributed by atoms with van der Waals surface area (Å²) in [4.78, 5) is 16.6. The molecule has 0 radical (unpaired) electrons. The predicted octanol–water partition coefficient (Wildman–Crippen LogP) is 2.83. The number of hydrogen-bond acceptors (Lipinski definition) is 8. The van der Waals surface area contributed by atoms with Gasteiger partial charge in [-0.25, -0.2) is 15.0 Å². The standard InChI is InChI=1S/C17H10N8/c1-9-10(2)15-17(25-13(8-21)12(7-20)24-15)16(14(9)22-3)23-11(6-19)4-5-18/h3-4H2,1-2H3. The molecule has 0 fully saturated rings. The summed E-state index contributed by atoms with van der Waals surface area (Å²) in [6, 6.07) is 7.38. The van der Waals surface area contributed by atoms with Crippen LogP contribution in [0.25, 0.3) is 11.0 Å². The van der Waals surface area contributed by atoms with Gasteiger partial charge in [0.2, 0.25) is 0 Å². The molecule has 2 rings (SSSR count). The molecule has 2 aromatic rings. The molecule has 0 spiro atoms. The van der Waals surface area contributed by atoms with Crippen LogP contribution in [-0.4, -0.2) is 22.4 Å². The number of aryl methyl sites for hydroxylation is 1. The summed E-state index contributed by atoms with van der Waals surface area (Å²) in [7, 11) is 0. The molecule has 1 heterocycles. The SMILES string of the molecule is C=Nc1c(C)c(C)c2nc(C#N)c(C#N)nc2c1N=C(C#N)CC#N. The summed E-state index contributed by atoms with van der Waals surface area (Å²) < 4.78 is 0. The van der Waals surface area contributed by atoms with Gasteiger partial charge in [-0.15, -0.1) is 0 Å². The van der Waals surface area contributed by atoms with Crippen LogP contribution in [0.4, 0.5) is 11.4 Å². The number of fused-ring (bicyclic) bond motifs is 1. The molecule has 1 aromatic carbocycles. The highest BCUT2D eigenvalue weighted by Gasteiger charge is 2.19. The van der Waals surface area contributed by atoms with Gasteiger partial charge in [0, 0.05) is 0 Å². The Hall–Kier alpha value is -4.14. The number of rotatable bonds is 3. The Bertz CT molecular complexity index is 1100. The van der Waals surface area contributed by atoms with Crippen molar-refractivity contribution in [1.29, 1.82) is 21.0 Å². The zero-order valence-electron chi connectivity index (χ0n) is 13.5. The topological polar surface area (TPSA) is 146 Å². The van der Waals surface area contributed by atoms with E-state index < -0.39 is 0 Å². The lowest BCUT2D eigenvalue weighted by molar-refractivity contribution is 1.17. The monoisotopic (exact) mass is 326 g/mol. The van der Waals surface area contributed by atoms with E-state index in [0.29, 0.717) is 22.3 Å². The molecule has 0 unspecified atom stereocenters. The Kier molecular flexibility index (Phi) is 4.79. The van der Waals surface area contributed by atoms with Gasteiger partial charge >= 0.3 is 0 Å². The molecule has 0 N–H and O–H groups in total. The average Bonchev–Trinajstić information content (AvgIpc) is 2.64. The van der Waals surface area contributed by atoms with Crippen molar-refractivity contribution >= 4 is 34.8 Å². The van der Waals surface area contributed by atoms with Gasteiger partial charge in [0.15, 0.2) is 11.4 Å². The molecule has 0 amide bonds. The number of nitriles is 4. The molecule has 0 aliphatic carbocycles. The molecule has 0 bridgehead atoms. The Balaban J connectivity index is 3.07. The summed E-state index contributed by atoms with van der Waals surface area (Å²) in [6.07, 6.45) is -0.184. The van der Waals surface area contributed by atoms with Gasteiger partial charge in [0.1, 0.15) is 35.1 Å². The molecule has 0 atom stereocenters. The number of aliphatic imine (C=N–C) groups is 2. The van der Waals surface area contributed by atoms with Crippen LogP contribution in [0.1, 0.15) is 28.9 Å². The first kappa shape index (κ1) is 17.2. The van der Waals surface area contributed by atoms with Crippen molar-refractivity contribution in [3.8, 4) is 24.3 Å². The first-order chi connectivity index (χ1) is 12.0. The van der Waals surface area contributed by atoms with Crippen LogP contribution in [0.5, 0.6) is 0 Å². The van der Waals surface area contributed by atoms with Gasteiger partial charge in [0.05, 0.1) is 23.7 Å². The molecule has 118 valence electrons. The summed E-state index contributed by atoms with van der Waals surface area (Å²) >= 11 is 0. The summed E-state index contributed by atoms with van der Waals surface area (Å²) in [5, 5.41) is 36.3. The summed E-state index contributed by atoms with van der Waals surface area (Å²) in [5.74, 6) is 0. The van der Waals surface area contributed by atoms with Crippen molar-refractivity contribution in [1.82, 2.24) is 9.97 Å². The van der Waals surface area contributed by atoms with Crippen molar-refractivity contribution in [3.05, 3.63) is 22.5 Å². The van der Waals surface area contributed by atoms with Crippen molar-refractivity contribution < 1.29 is 0 Å². The maximum Gasteiger partial charge on any atom is 0.177 e. The second-order valence-corrected chi connectivity index (χ2v) is 4.95. The average molecular weight is 326 g/mol. The highest BCUT2D eigenvalue weighted by molar-refractivity contribution is 6.06. The van der Waals surface area contributed by atoms with Gasteiger partial charge in [-0.3, -0.25) is 4.99 Å². The minimum Gasteiger partial charge on any atom is -0.262 e. The Morgan fingerprint density at radius 2 is 1.56 bits per heavy atom. The third kappa shape index (κ3) is 2.88. The van der Waals surface area contributed by atoms with Crippen LogP contribution in [0, 0.1) is 59.2 Å².